The number of benzene rings is 1. The standard InChI is InChI=1S/C20H27ClN2O3/c21-16-8-6-14(7-9-16)18(20(25)26)23-12-10-15(11-13-23)19(24)22-17-4-2-1-3-5-17/h6-9,15,17-18H,1-5,10-13H2,(H,22,24)(H,25,26). The molecule has 0 aromatic heterocycles. The number of carbonyl (C=O) groups is 2. The first kappa shape index (κ1) is 19.2. The fourth-order valence-electron chi connectivity index (χ4n) is 4.14. The molecule has 0 spiro atoms. The van der Waals surface area contributed by atoms with Gasteiger partial charge in [0.05, 0.1) is 0 Å². The number of halogens is 1. The summed E-state index contributed by atoms with van der Waals surface area (Å²) in [5.41, 5.74) is 0.729. The Labute approximate surface area is 159 Å². The van der Waals surface area contributed by atoms with Crippen molar-refractivity contribution in [3.63, 3.8) is 0 Å². The Morgan fingerprint density at radius 1 is 1.04 bits per heavy atom. The Morgan fingerprint density at radius 3 is 2.23 bits per heavy atom. The Morgan fingerprint density at radius 2 is 1.65 bits per heavy atom. The number of carboxylic acids is 1. The van der Waals surface area contributed by atoms with Gasteiger partial charge in [-0.05, 0) is 43.4 Å². The number of aliphatic carboxylic acids is 1. The number of piperidine rings is 1. The molecule has 0 bridgehead atoms. The van der Waals surface area contributed by atoms with Crippen molar-refractivity contribution in [1.82, 2.24) is 10.2 Å². The topological polar surface area (TPSA) is 69.6 Å². The summed E-state index contributed by atoms with van der Waals surface area (Å²) in [5.74, 6) is -0.722. The van der Waals surface area contributed by atoms with Crippen LogP contribution >= 0.6 is 11.6 Å². The molecule has 142 valence electrons. The fourth-order valence-corrected chi connectivity index (χ4v) is 4.27. The van der Waals surface area contributed by atoms with Gasteiger partial charge in [0.15, 0.2) is 0 Å². The number of amides is 1. The van der Waals surface area contributed by atoms with Crippen LogP contribution in [0.5, 0.6) is 0 Å². The maximum atomic E-state index is 12.5. The molecule has 5 nitrogen and oxygen atoms in total. The van der Waals surface area contributed by atoms with Crippen LogP contribution in [0.1, 0.15) is 56.6 Å². The Balaban J connectivity index is 1.56. The normalized spacial score (nSPS) is 21.3. The number of hydrogen-bond acceptors (Lipinski definition) is 3. The molecule has 1 heterocycles. The van der Waals surface area contributed by atoms with E-state index >= 15 is 0 Å². The lowest BCUT2D eigenvalue weighted by atomic mass is 9.91. The number of carbonyl (C=O) groups excluding carboxylic acids is 1. The van der Waals surface area contributed by atoms with E-state index in [0.29, 0.717) is 37.0 Å². The summed E-state index contributed by atoms with van der Waals surface area (Å²) in [6.07, 6.45) is 7.25. The molecule has 2 fully saturated rings. The molecule has 1 amide bonds. The lowest BCUT2D eigenvalue weighted by Gasteiger charge is -2.36. The zero-order valence-corrected chi connectivity index (χ0v) is 15.8. The highest BCUT2D eigenvalue weighted by Gasteiger charge is 2.33. The van der Waals surface area contributed by atoms with Crippen LogP contribution < -0.4 is 5.32 Å². The number of nitrogens with one attached hydrogen (secondary N) is 1. The van der Waals surface area contributed by atoms with Crippen molar-refractivity contribution in [2.24, 2.45) is 5.92 Å². The van der Waals surface area contributed by atoms with Crippen LogP contribution in [0.15, 0.2) is 24.3 Å². The quantitative estimate of drug-likeness (QED) is 0.820. The highest BCUT2D eigenvalue weighted by molar-refractivity contribution is 6.30. The molecule has 0 radical (unpaired) electrons. The predicted molar refractivity (Wildman–Crippen MR) is 101 cm³/mol. The summed E-state index contributed by atoms with van der Waals surface area (Å²) in [6.45, 7) is 1.23. The average Bonchev–Trinajstić information content (AvgIpc) is 2.64. The Kier molecular flexibility index (Phi) is 6.54. The molecule has 1 aliphatic carbocycles. The van der Waals surface area contributed by atoms with Gasteiger partial charge >= 0.3 is 5.97 Å². The molecule has 1 aliphatic heterocycles. The monoisotopic (exact) mass is 378 g/mol. The third-order valence-corrected chi connectivity index (χ3v) is 5.89. The van der Waals surface area contributed by atoms with Crippen molar-refractivity contribution in [2.75, 3.05) is 13.1 Å². The van der Waals surface area contributed by atoms with Crippen molar-refractivity contribution < 1.29 is 14.7 Å². The second-order valence-corrected chi connectivity index (χ2v) is 7.88. The van der Waals surface area contributed by atoms with Crippen LogP contribution in [0.3, 0.4) is 0 Å². The number of likely N-dealkylation sites (tertiary alicyclic amines) is 1. The first-order valence-electron chi connectivity index (χ1n) is 9.57. The van der Waals surface area contributed by atoms with Gasteiger partial charge in [0.2, 0.25) is 5.91 Å². The third kappa shape index (κ3) is 4.77. The maximum absolute atomic E-state index is 12.5. The van der Waals surface area contributed by atoms with E-state index in [0.717, 1.165) is 18.4 Å². The van der Waals surface area contributed by atoms with E-state index in [2.05, 4.69) is 5.32 Å². The lowest BCUT2D eigenvalue weighted by Crippen LogP contribution is -2.46. The first-order valence-corrected chi connectivity index (χ1v) is 9.95. The van der Waals surface area contributed by atoms with Gasteiger partial charge in [0.25, 0.3) is 0 Å². The fraction of sp³-hybridized carbons (Fsp3) is 0.600. The van der Waals surface area contributed by atoms with E-state index in [9.17, 15) is 14.7 Å². The van der Waals surface area contributed by atoms with E-state index in [4.69, 9.17) is 11.6 Å². The van der Waals surface area contributed by atoms with Gasteiger partial charge in [0.1, 0.15) is 6.04 Å². The van der Waals surface area contributed by atoms with Crippen LogP contribution in [0.25, 0.3) is 0 Å². The zero-order chi connectivity index (χ0) is 18.5. The first-order chi connectivity index (χ1) is 12.5. The minimum Gasteiger partial charge on any atom is -0.480 e. The Bertz CT molecular complexity index is 620. The second kappa shape index (κ2) is 8.87. The van der Waals surface area contributed by atoms with E-state index in [1.54, 1.807) is 24.3 Å². The summed E-state index contributed by atoms with van der Waals surface area (Å²) >= 11 is 5.91. The predicted octanol–water partition coefficient (Wildman–Crippen LogP) is 3.63. The van der Waals surface area contributed by atoms with Crippen LogP contribution in [0.2, 0.25) is 5.02 Å². The summed E-state index contributed by atoms with van der Waals surface area (Å²) < 4.78 is 0. The average molecular weight is 379 g/mol. The van der Waals surface area contributed by atoms with Gasteiger partial charge in [0, 0.05) is 30.1 Å². The molecule has 1 saturated carbocycles. The number of carboxylic acid groups (broad SMARTS) is 1. The lowest BCUT2D eigenvalue weighted by molar-refractivity contribution is -0.144. The second-order valence-electron chi connectivity index (χ2n) is 7.45. The molecule has 6 heteroatoms. The molecular formula is C20H27ClN2O3. The highest BCUT2D eigenvalue weighted by Crippen LogP contribution is 2.28. The van der Waals surface area contributed by atoms with Crippen molar-refractivity contribution >= 4 is 23.5 Å². The molecule has 3 rings (SSSR count). The molecule has 1 atom stereocenters. The molecule has 1 aromatic carbocycles. The van der Waals surface area contributed by atoms with Crippen LogP contribution in [-0.4, -0.2) is 41.0 Å². The molecule has 1 unspecified atom stereocenters. The van der Waals surface area contributed by atoms with E-state index in [-0.39, 0.29) is 11.8 Å². The van der Waals surface area contributed by atoms with Gasteiger partial charge in [-0.3, -0.25) is 14.5 Å². The van der Waals surface area contributed by atoms with Crippen molar-refractivity contribution in [2.45, 2.75) is 57.0 Å². The largest absolute Gasteiger partial charge is 0.480 e. The number of hydrogen-bond donors (Lipinski definition) is 2. The minimum atomic E-state index is -0.863. The SMILES string of the molecule is O=C(NC1CCCCC1)C1CCN(C(C(=O)O)c2ccc(Cl)cc2)CC1. The molecule has 1 aromatic rings. The Hall–Kier alpha value is -1.59. The minimum absolute atomic E-state index is 0.00663. The number of nitrogens with zero attached hydrogens (tertiary/aromatic N) is 1. The highest BCUT2D eigenvalue weighted by atomic mass is 35.5. The summed E-state index contributed by atoms with van der Waals surface area (Å²) in [5, 5.41) is 13.5. The van der Waals surface area contributed by atoms with Crippen LogP contribution in [-0.2, 0) is 9.59 Å². The number of rotatable bonds is 5. The van der Waals surface area contributed by atoms with Crippen LogP contribution in [0, 0.1) is 5.92 Å². The van der Waals surface area contributed by atoms with Gasteiger partial charge in [-0.25, -0.2) is 0 Å². The summed E-state index contributed by atoms with van der Waals surface area (Å²) in [6, 6.07) is 6.62. The molecule has 1 saturated heterocycles. The van der Waals surface area contributed by atoms with Gasteiger partial charge in [-0.15, -0.1) is 0 Å². The van der Waals surface area contributed by atoms with E-state index in [1.807, 2.05) is 4.90 Å². The van der Waals surface area contributed by atoms with Crippen LogP contribution in [0.4, 0.5) is 0 Å². The van der Waals surface area contributed by atoms with Gasteiger partial charge < -0.3 is 10.4 Å². The van der Waals surface area contributed by atoms with Crippen molar-refractivity contribution in [3.05, 3.63) is 34.9 Å². The van der Waals surface area contributed by atoms with Crippen molar-refractivity contribution in [1.29, 1.82) is 0 Å². The molecular weight excluding hydrogens is 352 g/mol. The summed E-state index contributed by atoms with van der Waals surface area (Å²) in [7, 11) is 0. The molecule has 2 aliphatic rings. The molecule has 2 N–H and O–H groups in total. The van der Waals surface area contributed by atoms with Crippen molar-refractivity contribution in [3.8, 4) is 0 Å². The van der Waals surface area contributed by atoms with E-state index in [1.165, 1.54) is 19.3 Å². The van der Waals surface area contributed by atoms with Gasteiger partial charge in [-0.2, -0.15) is 0 Å². The maximum Gasteiger partial charge on any atom is 0.325 e. The molecule has 26 heavy (non-hydrogen) atoms. The smallest absolute Gasteiger partial charge is 0.325 e. The third-order valence-electron chi connectivity index (χ3n) is 5.64. The zero-order valence-electron chi connectivity index (χ0n) is 15.0. The summed E-state index contributed by atoms with van der Waals surface area (Å²) in [4.78, 5) is 26.3. The van der Waals surface area contributed by atoms with Gasteiger partial charge in [-0.1, -0.05) is 43.0 Å². The van der Waals surface area contributed by atoms with E-state index < -0.39 is 12.0 Å².